The lowest BCUT2D eigenvalue weighted by Crippen LogP contribution is -2.52. The standard InChI is InChI=1S/C27H36N4O2/c1-19(2)31-24(10-12-28-31)23-17-30(25(32)22-14-20(3)15-22)18-27(23)11-7-13-29(26(27)33)16-21-8-5-4-6-9-21/h4-6,8-10,12,19-20,22-23H,7,11,13-18H2,1-3H3/t20?,22?,23-,27-/m0/s1. The minimum absolute atomic E-state index is 0.0186. The topological polar surface area (TPSA) is 58.4 Å². The Balaban J connectivity index is 1.48. The van der Waals surface area contributed by atoms with Crippen molar-refractivity contribution in [3.8, 4) is 0 Å². The third-order valence-electron chi connectivity index (χ3n) is 8.11. The summed E-state index contributed by atoms with van der Waals surface area (Å²) in [5.74, 6) is 1.20. The first-order valence-electron chi connectivity index (χ1n) is 12.5. The molecule has 2 atom stereocenters. The molecule has 6 heteroatoms. The van der Waals surface area contributed by atoms with Crippen LogP contribution in [0.4, 0.5) is 0 Å². The van der Waals surface area contributed by atoms with Crippen LogP contribution in [-0.2, 0) is 16.1 Å². The maximum atomic E-state index is 14.2. The average molecular weight is 449 g/mol. The summed E-state index contributed by atoms with van der Waals surface area (Å²) in [6, 6.07) is 12.5. The van der Waals surface area contributed by atoms with Gasteiger partial charge >= 0.3 is 0 Å². The van der Waals surface area contributed by atoms with E-state index in [1.54, 1.807) is 0 Å². The smallest absolute Gasteiger partial charge is 0.231 e. The second kappa shape index (κ2) is 8.62. The number of carbonyl (C=O) groups excluding carboxylic acids is 2. The van der Waals surface area contributed by atoms with Gasteiger partial charge in [-0.05, 0) is 57.1 Å². The Kier molecular flexibility index (Phi) is 5.79. The SMILES string of the molecule is CC1CC(C(=O)N2C[C@@H](c3ccnn3C(C)C)[C@]3(CCCN(Cc4ccccc4)C3=O)C2)C1. The normalized spacial score (nSPS) is 29.7. The zero-order chi connectivity index (χ0) is 23.2. The summed E-state index contributed by atoms with van der Waals surface area (Å²) in [6.07, 6.45) is 5.59. The highest BCUT2D eigenvalue weighted by molar-refractivity contribution is 5.88. The highest BCUT2D eigenvalue weighted by Crippen LogP contribution is 2.51. The number of rotatable bonds is 5. The van der Waals surface area contributed by atoms with E-state index < -0.39 is 5.41 Å². The van der Waals surface area contributed by atoms with Crippen molar-refractivity contribution in [3.05, 3.63) is 53.9 Å². The van der Waals surface area contributed by atoms with Crippen molar-refractivity contribution in [1.82, 2.24) is 19.6 Å². The van der Waals surface area contributed by atoms with Gasteiger partial charge in [0.1, 0.15) is 0 Å². The molecule has 0 unspecified atom stereocenters. The molecule has 2 saturated heterocycles. The number of benzene rings is 1. The van der Waals surface area contributed by atoms with Gasteiger partial charge in [0.2, 0.25) is 11.8 Å². The molecule has 5 rings (SSSR count). The Morgan fingerprint density at radius 2 is 1.94 bits per heavy atom. The molecular weight excluding hydrogens is 412 g/mol. The summed E-state index contributed by atoms with van der Waals surface area (Å²) in [6.45, 7) is 9.03. The number of nitrogens with zero attached hydrogens (tertiary/aromatic N) is 4. The van der Waals surface area contributed by atoms with Gasteiger partial charge in [0.25, 0.3) is 0 Å². The van der Waals surface area contributed by atoms with Crippen LogP contribution in [0.2, 0.25) is 0 Å². The molecule has 176 valence electrons. The van der Waals surface area contributed by atoms with Crippen LogP contribution in [0.5, 0.6) is 0 Å². The van der Waals surface area contributed by atoms with E-state index in [1.165, 1.54) is 0 Å². The fourth-order valence-electron chi connectivity index (χ4n) is 6.38. The van der Waals surface area contributed by atoms with Crippen molar-refractivity contribution in [2.75, 3.05) is 19.6 Å². The van der Waals surface area contributed by atoms with Gasteiger partial charge in [-0.2, -0.15) is 5.10 Å². The van der Waals surface area contributed by atoms with Crippen molar-refractivity contribution in [1.29, 1.82) is 0 Å². The van der Waals surface area contributed by atoms with Crippen LogP contribution in [0.1, 0.15) is 69.7 Å². The Morgan fingerprint density at radius 3 is 2.64 bits per heavy atom. The van der Waals surface area contributed by atoms with Crippen LogP contribution in [0.3, 0.4) is 0 Å². The van der Waals surface area contributed by atoms with Crippen LogP contribution >= 0.6 is 0 Å². The average Bonchev–Trinajstić information content (AvgIpc) is 3.41. The summed E-state index contributed by atoms with van der Waals surface area (Å²) in [5.41, 5.74) is 1.68. The largest absolute Gasteiger partial charge is 0.341 e. The molecule has 3 fully saturated rings. The summed E-state index contributed by atoms with van der Waals surface area (Å²) < 4.78 is 2.05. The first-order chi connectivity index (χ1) is 15.9. The van der Waals surface area contributed by atoms with Crippen LogP contribution in [0.15, 0.2) is 42.6 Å². The van der Waals surface area contributed by atoms with Gasteiger partial charge in [0, 0.05) is 55.9 Å². The summed E-state index contributed by atoms with van der Waals surface area (Å²) in [5, 5.41) is 4.58. The monoisotopic (exact) mass is 448 g/mol. The molecule has 2 amide bonds. The highest BCUT2D eigenvalue weighted by Gasteiger charge is 2.57. The van der Waals surface area contributed by atoms with Crippen molar-refractivity contribution in [3.63, 3.8) is 0 Å². The lowest BCUT2D eigenvalue weighted by atomic mass is 9.70. The Morgan fingerprint density at radius 1 is 1.18 bits per heavy atom. The zero-order valence-corrected chi connectivity index (χ0v) is 20.1. The molecule has 0 N–H and O–H groups in total. The summed E-state index contributed by atoms with van der Waals surface area (Å²) >= 11 is 0. The number of piperidine rings is 1. The molecule has 1 aromatic heterocycles. The quantitative estimate of drug-likeness (QED) is 0.687. The van der Waals surface area contributed by atoms with E-state index in [2.05, 4.69) is 48.8 Å². The molecule has 2 aromatic rings. The van der Waals surface area contributed by atoms with E-state index in [1.807, 2.05) is 34.2 Å². The van der Waals surface area contributed by atoms with E-state index in [4.69, 9.17) is 0 Å². The second-order valence-corrected chi connectivity index (χ2v) is 10.8. The Hall–Kier alpha value is -2.63. The molecule has 0 bridgehead atoms. The number of carbonyl (C=O) groups is 2. The molecule has 33 heavy (non-hydrogen) atoms. The third-order valence-corrected chi connectivity index (χ3v) is 8.11. The first-order valence-corrected chi connectivity index (χ1v) is 12.5. The maximum Gasteiger partial charge on any atom is 0.231 e. The molecule has 1 saturated carbocycles. The van der Waals surface area contributed by atoms with E-state index in [-0.39, 0.29) is 29.7 Å². The van der Waals surface area contributed by atoms with Gasteiger partial charge in [-0.15, -0.1) is 0 Å². The van der Waals surface area contributed by atoms with Crippen LogP contribution in [0.25, 0.3) is 0 Å². The Labute approximate surface area is 196 Å². The lowest BCUT2D eigenvalue weighted by molar-refractivity contribution is -0.148. The lowest BCUT2D eigenvalue weighted by Gasteiger charge is -2.42. The molecule has 1 aromatic carbocycles. The molecular formula is C27H36N4O2. The second-order valence-electron chi connectivity index (χ2n) is 10.8. The predicted octanol–water partition coefficient (Wildman–Crippen LogP) is 4.24. The van der Waals surface area contributed by atoms with Crippen LogP contribution in [-0.4, -0.2) is 51.0 Å². The van der Waals surface area contributed by atoms with Crippen LogP contribution < -0.4 is 0 Å². The summed E-state index contributed by atoms with van der Waals surface area (Å²) in [4.78, 5) is 31.6. The van der Waals surface area contributed by atoms with E-state index >= 15 is 0 Å². The number of aromatic nitrogens is 2. The molecule has 3 heterocycles. The highest BCUT2D eigenvalue weighted by atomic mass is 16.2. The number of likely N-dealkylation sites (tertiary alicyclic amines) is 2. The van der Waals surface area contributed by atoms with Crippen molar-refractivity contribution in [2.24, 2.45) is 17.3 Å². The molecule has 1 spiro atoms. The van der Waals surface area contributed by atoms with Crippen molar-refractivity contribution < 1.29 is 9.59 Å². The predicted molar refractivity (Wildman–Crippen MR) is 127 cm³/mol. The Bertz CT molecular complexity index is 1010. The fraction of sp³-hybridized carbons (Fsp3) is 0.593. The van der Waals surface area contributed by atoms with Crippen molar-refractivity contribution >= 4 is 11.8 Å². The van der Waals surface area contributed by atoms with E-state index in [0.717, 1.165) is 43.5 Å². The minimum atomic E-state index is -0.565. The molecule has 6 nitrogen and oxygen atoms in total. The number of amides is 2. The number of hydrogen-bond donors (Lipinski definition) is 0. The van der Waals surface area contributed by atoms with Crippen LogP contribution in [0, 0.1) is 17.3 Å². The van der Waals surface area contributed by atoms with Gasteiger partial charge < -0.3 is 9.80 Å². The van der Waals surface area contributed by atoms with E-state index in [0.29, 0.717) is 25.6 Å². The molecule has 3 aliphatic rings. The molecule has 2 aliphatic heterocycles. The molecule has 0 radical (unpaired) electrons. The first kappa shape index (κ1) is 22.2. The van der Waals surface area contributed by atoms with Gasteiger partial charge in [0.15, 0.2) is 0 Å². The van der Waals surface area contributed by atoms with Gasteiger partial charge in [0.05, 0.1) is 5.41 Å². The fourth-order valence-corrected chi connectivity index (χ4v) is 6.38. The van der Waals surface area contributed by atoms with Gasteiger partial charge in [-0.25, -0.2) is 0 Å². The van der Waals surface area contributed by atoms with Gasteiger partial charge in [-0.3, -0.25) is 14.3 Å². The number of hydrogen-bond acceptors (Lipinski definition) is 3. The van der Waals surface area contributed by atoms with Crippen molar-refractivity contribution in [2.45, 2.75) is 65.0 Å². The zero-order valence-electron chi connectivity index (χ0n) is 20.1. The third kappa shape index (κ3) is 3.87. The van der Waals surface area contributed by atoms with E-state index in [9.17, 15) is 9.59 Å². The summed E-state index contributed by atoms with van der Waals surface area (Å²) in [7, 11) is 0. The maximum absolute atomic E-state index is 14.2. The minimum Gasteiger partial charge on any atom is -0.341 e. The molecule has 1 aliphatic carbocycles. The van der Waals surface area contributed by atoms with Gasteiger partial charge in [-0.1, -0.05) is 37.3 Å².